The van der Waals surface area contributed by atoms with Crippen molar-refractivity contribution in [3.8, 4) is 0 Å². The fourth-order valence-electron chi connectivity index (χ4n) is 5.22. The number of rotatable bonds is 4. The van der Waals surface area contributed by atoms with Crippen LogP contribution >= 0.6 is 11.8 Å². The highest BCUT2D eigenvalue weighted by atomic mass is 32.2. The molecule has 2 aliphatic heterocycles. The van der Waals surface area contributed by atoms with Crippen LogP contribution in [0.25, 0.3) is 0 Å². The number of hydrogen-bond donors (Lipinski definition) is 0. The maximum atomic E-state index is 14.0. The molecule has 0 aromatic heterocycles. The van der Waals surface area contributed by atoms with Gasteiger partial charge in [-0.25, -0.2) is 4.39 Å². The van der Waals surface area contributed by atoms with E-state index in [0.717, 1.165) is 19.4 Å². The second-order valence-electron chi connectivity index (χ2n) is 8.63. The smallest absolute Gasteiger partial charge is 0.281 e. The molecule has 164 valence electrons. The average molecular weight is 434 g/mol. The monoisotopic (exact) mass is 433 g/mol. The minimum Gasteiger partial charge on any atom is -0.366 e. The molecular formula is C23H32FN3O2S. The third kappa shape index (κ3) is 4.93. The lowest BCUT2D eigenvalue weighted by Crippen LogP contribution is -2.49. The molecule has 4 rings (SSSR count). The van der Waals surface area contributed by atoms with E-state index in [1.165, 1.54) is 43.5 Å². The van der Waals surface area contributed by atoms with Crippen LogP contribution in [0.3, 0.4) is 0 Å². The molecular weight excluding hydrogens is 401 g/mol. The van der Waals surface area contributed by atoms with Gasteiger partial charge >= 0.3 is 0 Å². The van der Waals surface area contributed by atoms with E-state index < -0.39 is 0 Å². The van der Waals surface area contributed by atoms with Crippen LogP contribution in [0.2, 0.25) is 0 Å². The summed E-state index contributed by atoms with van der Waals surface area (Å²) in [5.41, 5.74) is 0.605. The van der Waals surface area contributed by atoms with Crippen molar-refractivity contribution in [1.82, 2.24) is 9.80 Å². The van der Waals surface area contributed by atoms with Gasteiger partial charge in [-0.3, -0.25) is 9.59 Å². The molecule has 1 aromatic carbocycles. The van der Waals surface area contributed by atoms with E-state index in [-0.39, 0.29) is 17.0 Å². The van der Waals surface area contributed by atoms with Crippen molar-refractivity contribution in [2.45, 2.75) is 51.0 Å². The van der Waals surface area contributed by atoms with Crippen LogP contribution in [-0.2, 0) is 4.79 Å². The summed E-state index contributed by atoms with van der Waals surface area (Å²) in [5.74, 6) is 1.10. The van der Waals surface area contributed by atoms with Gasteiger partial charge in [0.25, 0.3) is 5.24 Å². The second-order valence-corrected chi connectivity index (χ2v) is 9.68. The van der Waals surface area contributed by atoms with Crippen molar-refractivity contribution in [2.75, 3.05) is 43.4 Å². The average Bonchev–Trinajstić information content (AvgIpc) is 2.79. The maximum absolute atomic E-state index is 14.0. The quantitative estimate of drug-likeness (QED) is 0.707. The summed E-state index contributed by atoms with van der Waals surface area (Å²) in [4.78, 5) is 31.3. The van der Waals surface area contributed by atoms with Crippen LogP contribution in [0.1, 0.15) is 44.9 Å². The molecule has 0 spiro atoms. The van der Waals surface area contributed by atoms with E-state index in [1.807, 2.05) is 15.9 Å². The topological polar surface area (TPSA) is 43.9 Å². The molecule has 2 saturated heterocycles. The number of piperidine rings is 1. The van der Waals surface area contributed by atoms with Crippen molar-refractivity contribution in [3.05, 3.63) is 30.1 Å². The molecule has 30 heavy (non-hydrogen) atoms. The zero-order valence-corrected chi connectivity index (χ0v) is 18.4. The Morgan fingerprint density at radius 2 is 1.70 bits per heavy atom. The van der Waals surface area contributed by atoms with Crippen molar-refractivity contribution in [2.24, 2.45) is 5.92 Å². The molecule has 3 aliphatic rings. The van der Waals surface area contributed by atoms with Gasteiger partial charge in [0.2, 0.25) is 5.91 Å². The standard InChI is InChI=1S/C23H32FN3O2S/c24-19-8-2-4-10-21(19)25-13-15-26(16-14-25)22(28)11-17-30-23(29)27-12-5-7-18-6-1-3-9-20(18)27/h2,4,8,10,18,20H,1,3,5-7,9,11-17H2. The zero-order chi connectivity index (χ0) is 20.9. The molecule has 0 N–H and O–H groups in total. The van der Waals surface area contributed by atoms with Crippen LogP contribution in [-0.4, -0.2) is 65.5 Å². The van der Waals surface area contributed by atoms with Crippen molar-refractivity contribution in [1.29, 1.82) is 0 Å². The first-order valence-electron chi connectivity index (χ1n) is 11.3. The van der Waals surface area contributed by atoms with Crippen LogP contribution in [0, 0.1) is 11.7 Å². The zero-order valence-electron chi connectivity index (χ0n) is 17.6. The number of fused-ring (bicyclic) bond motifs is 1. The lowest BCUT2D eigenvalue weighted by molar-refractivity contribution is -0.131. The number of carbonyl (C=O) groups excluding carboxylic acids is 2. The number of thioether (sulfide) groups is 1. The number of piperazine rings is 1. The Kier molecular flexibility index (Phi) is 7.18. The highest BCUT2D eigenvalue weighted by molar-refractivity contribution is 8.13. The Labute approximate surface area is 183 Å². The van der Waals surface area contributed by atoms with Crippen molar-refractivity contribution >= 4 is 28.6 Å². The van der Waals surface area contributed by atoms with Gasteiger partial charge in [-0.05, 0) is 43.7 Å². The summed E-state index contributed by atoms with van der Waals surface area (Å²) in [6.07, 6.45) is 7.69. The summed E-state index contributed by atoms with van der Waals surface area (Å²) in [5, 5.41) is 0.156. The maximum Gasteiger partial charge on any atom is 0.281 e. The molecule has 1 aliphatic carbocycles. The van der Waals surface area contributed by atoms with Crippen LogP contribution < -0.4 is 4.90 Å². The van der Waals surface area contributed by atoms with Gasteiger partial charge in [-0.2, -0.15) is 0 Å². The minimum atomic E-state index is -0.217. The highest BCUT2D eigenvalue weighted by Gasteiger charge is 2.35. The third-order valence-corrected chi connectivity index (χ3v) is 7.73. The SMILES string of the molecule is O=C(CCSC(=O)N1CCCC2CCCCC21)N1CCN(c2ccccc2F)CC1. The third-order valence-electron chi connectivity index (χ3n) is 6.84. The Bertz CT molecular complexity index is 752. The van der Waals surface area contributed by atoms with Crippen LogP contribution in [0.5, 0.6) is 0 Å². The molecule has 0 radical (unpaired) electrons. The molecule has 3 fully saturated rings. The van der Waals surface area contributed by atoms with Crippen molar-refractivity contribution in [3.63, 3.8) is 0 Å². The molecule has 2 unspecified atom stereocenters. The van der Waals surface area contributed by atoms with E-state index in [9.17, 15) is 14.0 Å². The predicted octanol–water partition coefficient (Wildman–Crippen LogP) is 4.37. The Morgan fingerprint density at radius 3 is 2.50 bits per heavy atom. The molecule has 2 amide bonds. The molecule has 7 heteroatoms. The first-order chi connectivity index (χ1) is 14.6. The fourth-order valence-corrected chi connectivity index (χ4v) is 6.07. The lowest BCUT2D eigenvalue weighted by Gasteiger charge is -2.43. The Morgan fingerprint density at radius 1 is 0.967 bits per heavy atom. The van der Waals surface area contributed by atoms with Gasteiger partial charge in [0.1, 0.15) is 5.82 Å². The van der Waals surface area contributed by atoms with Gasteiger partial charge in [0.05, 0.1) is 5.69 Å². The lowest BCUT2D eigenvalue weighted by atomic mass is 9.78. The first-order valence-corrected chi connectivity index (χ1v) is 12.3. The normalized spacial score (nSPS) is 24.5. The fraction of sp³-hybridized carbons (Fsp3) is 0.652. The molecule has 2 atom stereocenters. The summed E-state index contributed by atoms with van der Waals surface area (Å²) < 4.78 is 14.0. The molecule has 2 heterocycles. The number of nitrogens with zero attached hydrogens (tertiary/aromatic N) is 3. The van der Waals surface area contributed by atoms with Crippen molar-refractivity contribution < 1.29 is 14.0 Å². The van der Waals surface area contributed by atoms with Gasteiger partial charge in [-0.1, -0.05) is 36.7 Å². The predicted molar refractivity (Wildman–Crippen MR) is 119 cm³/mol. The summed E-state index contributed by atoms with van der Waals surface area (Å²) in [6.45, 7) is 3.34. The van der Waals surface area contributed by atoms with E-state index in [0.29, 0.717) is 56.0 Å². The number of halogens is 1. The first kappa shape index (κ1) is 21.5. The number of hydrogen-bond acceptors (Lipinski definition) is 4. The Balaban J connectivity index is 1.20. The number of para-hydroxylation sites is 1. The largest absolute Gasteiger partial charge is 0.366 e. The second kappa shape index (κ2) is 10.0. The van der Waals surface area contributed by atoms with Gasteiger partial charge in [0, 0.05) is 50.9 Å². The number of amides is 2. The van der Waals surface area contributed by atoms with Crippen LogP contribution in [0.15, 0.2) is 24.3 Å². The molecule has 1 saturated carbocycles. The van der Waals surface area contributed by atoms with Gasteiger partial charge < -0.3 is 14.7 Å². The highest BCUT2D eigenvalue weighted by Crippen LogP contribution is 2.36. The van der Waals surface area contributed by atoms with E-state index >= 15 is 0 Å². The number of anilines is 1. The van der Waals surface area contributed by atoms with Crippen LogP contribution in [0.4, 0.5) is 14.9 Å². The van der Waals surface area contributed by atoms with Gasteiger partial charge in [-0.15, -0.1) is 0 Å². The van der Waals surface area contributed by atoms with E-state index in [1.54, 1.807) is 12.1 Å². The summed E-state index contributed by atoms with van der Waals surface area (Å²) in [6, 6.07) is 7.21. The number of likely N-dealkylation sites (tertiary alicyclic amines) is 1. The molecule has 5 nitrogen and oxygen atoms in total. The molecule has 0 bridgehead atoms. The van der Waals surface area contributed by atoms with E-state index in [4.69, 9.17) is 0 Å². The summed E-state index contributed by atoms with van der Waals surface area (Å²) >= 11 is 1.31. The number of carbonyl (C=O) groups is 2. The summed E-state index contributed by atoms with van der Waals surface area (Å²) in [7, 11) is 0. The molecule has 1 aromatic rings. The van der Waals surface area contributed by atoms with Gasteiger partial charge in [0.15, 0.2) is 0 Å². The number of benzene rings is 1. The Hall–Kier alpha value is -1.76. The van der Waals surface area contributed by atoms with E-state index in [2.05, 4.69) is 4.90 Å². The minimum absolute atomic E-state index is 0.0951.